The van der Waals surface area contributed by atoms with Gasteiger partial charge in [-0.25, -0.2) is 13.4 Å². The highest BCUT2D eigenvalue weighted by atomic mass is 79.9. The van der Waals surface area contributed by atoms with E-state index in [0.717, 1.165) is 5.56 Å². The van der Waals surface area contributed by atoms with Crippen LogP contribution in [0.3, 0.4) is 0 Å². The summed E-state index contributed by atoms with van der Waals surface area (Å²) in [5.41, 5.74) is 0.987. The summed E-state index contributed by atoms with van der Waals surface area (Å²) < 4.78 is 28.5. The van der Waals surface area contributed by atoms with E-state index in [1.807, 2.05) is 13.0 Å². The lowest BCUT2D eigenvalue weighted by Crippen LogP contribution is -2.17. The molecule has 0 fully saturated rings. The summed E-state index contributed by atoms with van der Waals surface area (Å²) in [4.78, 5) is 3.69. The van der Waals surface area contributed by atoms with Crippen LogP contribution < -0.4 is 4.74 Å². The Hall–Kier alpha value is -1.14. The van der Waals surface area contributed by atoms with Crippen molar-refractivity contribution in [3.05, 3.63) is 39.8 Å². The predicted octanol–water partition coefficient (Wildman–Crippen LogP) is 2.35. The summed E-state index contributed by atoms with van der Waals surface area (Å²) in [7, 11) is -3.57. The topological polar surface area (TPSA) is 55.7 Å². The van der Waals surface area contributed by atoms with E-state index in [9.17, 15) is 8.42 Å². The Kier molecular flexibility index (Phi) is 2.86. The number of rotatable bonds is 1. The van der Waals surface area contributed by atoms with Gasteiger partial charge in [0.05, 0.1) is 6.20 Å². The van der Waals surface area contributed by atoms with E-state index in [2.05, 4.69) is 20.9 Å². The number of hydrogen-bond acceptors (Lipinski definition) is 4. The monoisotopic (exact) mass is 301 g/mol. The van der Waals surface area contributed by atoms with Gasteiger partial charge < -0.3 is 4.74 Å². The van der Waals surface area contributed by atoms with Gasteiger partial charge in [-0.3, -0.25) is 0 Å². The second-order valence-corrected chi connectivity index (χ2v) is 6.43. The molecule has 2 rings (SSSR count). The van der Waals surface area contributed by atoms with Gasteiger partial charge in [-0.1, -0.05) is 12.1 Å². The van der Waals surface area contributed by atoms with E-state index in [0.29, 0.717) is 5.75 Å². The molecule has 0 aromatic heterocycles. The Morgan fingerprint density at radius 2 is 2.12 bits per heavy atom. The lowest BCUT2D eigenvalue weighted by molar-refractivity contribution is 0.549. The fourth-order valence-corrected chi connectivity index (χ4v) is 2.46. The summed E-state index contributed by atoms with van der Waals surface area (Å²) >= 11 is 2.91. The minimum atomic E-state index is -3.57. The van der Waals surface area contributed by atoms with E-state index in [1.165, 1.54) is 6.20 Å². The van der Waals surface area contributed by atoms with Crippen molar-refractivity contribution in [3.8, 4) is 5.75 Å². The zero-order chi connectivity index (χ0) is 11.8. The Bertz CT molecular complexity index is 590. The number of hydrogen-bond donors (Lipinski definition) is 0. The number of benzene rings is 1. The van der Waals surface area contributed by atoms with Crippen LogP contribution in [0.1, 0.15) is 5.56 Å². The maximum absolute atomic E-state index is 11.6. The first kappa shape index (κ1) is 11.3. The van der Waals surface area contributed by atoms with Crippen molar-refractivity contribution in [3.63, 3.8) is 0 Å². The molecular weight excluding hydrogens is 294 g/mol. The zero-order valence-electron chi connectivity index (χ0n) is 8.34. The average Bonchev–Trinajstić information content (AvgIpc) is 2.45. The molecule has 1 aliphatic heterocycles. The van der Waals surface area contributed by atoms with Gasteiger partial charge in [0.15, 0.2) is 0 Å². The van der Waals surface area contributed by atoms with E-state index in [1.54, 1.807) is 18.2 Å². The summed E-state index contributed by atoms with van der Waals surface area (Å²) in [6, 6.07) is 7.10. The molecule has 4 nitrogen and oxygen atoms in total. The highest BCUT2D eigenvalue weighted by Crippen LogP contribution is 2.24. The van der Waals surface area contributed by atoms with Gasteiger partial charge in [-0.2, -0.15) is 0 Å². The molecule has 0 bridgehead atoms. The first-order valence-electron chi connectivity index (χ1n) is 4.43. The molecule has 0 saturated carbocycles. The lowest BCUT2D eigenvalue weighted by atomic mass is 10.2. The van der Waals surface area contributed by atoms with Crippen molar-refractivity contribution in [2.75, 3.05) is 0 Å². The molecule has 6 heteroatoms. The van der Waals surface area contributed by atoms with Crippen LogP contribution in [0.4, 0.5) is 0 Å². The van der Waals surface area contributed by atoms with Gasteiger partial charge in [0, 0.05) is 0 Å². The van der Waals surface area contributed by atoms with Crippen LogP contribution in [0.25, 0.3) is 0 Å². The van der Waals surface area contributed by atoms with E-state index >= 15 is 0 Å². The maximum atomic E-state index is 11.6. The van der Waals surface area contributed by atoms with Crippen molar-refractivity contribution in [1.29, 1.82) is 0 Å². The van der Waals surface area contributed by atoms with Crippen LogP contribution in [0.5, 0.6) is 5.75 Å². The van der Waals surface area contributed by atoms with Crippen molar-refractivity contribution in [2.45, 2.75) is 6.92 Å². The van der Waals surface area contributed by atoms with Gasteiger partial charge in [0.25, 0.3) is 9.84 Å². The molecule has 0 aliphatic carbocycles. The van der Waals surface area contributed by atoms with Crippen LogP contribution in [0.15, 0.2) is 39.3 Å². The second kappa shape index (κ2) is 4.03. The van der Waals surface area contributed by atoms with Gasteiger partial charge in [-0.05, 0) is 40.5 Å². The fraction of sp³-hybridized carbons (Fsp3) is 0.100. The van der Waals surface area contributed by atoms with Crippen LogP contribution in [0.2, 0.25) is 0 Å². The highest BCUT2D eigenvalue weighted by molar-refractivity contribution is 9.14. The Labute approximate surface area is 102 Å². The average molecular weight is 302 g/mol. The number of ether oxygens (including phenoxy) is 1. The molecule has 16 heavy (non-hydrogen) atoms. The smallest absolute Gasteiger partial charge is 0.320 e. The number of sulfone groups is 1. The largest absolute Gasteiger partial charge is 0.430 e. The Balaban J connectivity index is 2.26. The van der Waals surface area contributed by atoms with Crippen LogP contribution >= 0.6 is 15.9 Å². The number of aliphatic imine (C=N–C) groups is 1. The standard InChI is InChI=1S/C10H8BrNO3S/c1-7-3-2-4-8(5-7)15-10-12-6-9(11)16(10,13)14/h2-6H,1H3. The van der Waals surface area contributed by atoms with E-state index < -0.39 is 9.84 Å². The second-order valence-electron chi connectivity index (χ2n) is 3.25. The molecule has 0 spiro atoms. The molecule has 0 unspecified atom stereocenters. The molecule has 1 aromatic rings. The third-order valence-electron chi connectivity index (χ3n) is 1.95. The SMILES string of the molecule is Cc1cccc(OC2=NC=C(Br)S2(=O)=O)c1. The fourth-order valence-electron chi connectivity index (χ4n) is 1.19. The first-order valence-corrected chi connectivity index (χ1v) is 6.71. The normalized spacial score (nSPS) is 17.9. The molecule has 84 valence electrons. The zero-order valence-corrected chi connectivity index (χ0v) is 10.7. The van der Waals surface area contributed by atoms with Crippen LogP contribution in [0, 0.1) is 6.92 Å². The van der Waals surface area contributed by atoms with Gasteiger partial charge >= 0.3 is 5.23 Å². The highest BCUT2D eigenvalue weighted by Gasteiger charge is 2.30. The Morgan fingerprint density at radius 3 is 2.69 bits per heavy atom. The molecule has 0 saturated heterocycles. The summed E-state index contributed by atoms with van der Waals surface area (Å²) in [5.74, 6) is 0.456. The molecule has 0 N–H and O–H groups in total. The van der Waals surface area contributed by atoms with Crippen molar-refractivity contribution >= 4 is 31.0 Å². The molecule has 1 aromatic carbocycles. The molecule has 0 amide bonds. The number of aryl methyl sites for hydroxylation is 1. The third kappa shape index (κ3) is 2.03. The predicted molar refractivity (Wildman–Crippen MR) is 65.2 cm³/mol. The van der Waals surface area contributed by atoms with Crippen molar-refractivity contribution < 1.29 is 13.2 Å². The molecule has 0 atom stereocenters. The minimum Gasteiger partial charge on any atom is -0.430 e. The number of halogens is 1. The quantitative estimate of drug-likeness (QED) is 0.800. The lowest BCUT2D eigenvalue weighted by Gasteiger charge is -2.05. The molecule has 1 heterocycles. The van der Waals surface area contributed by atoms with E-state index in [-0.39, 0.29) is 9.04 Å². The molecule has 0 radical (unpaired) electrons. The Morgan fingerprint density at radius 1 is 1.38 bits per heavy atom. The van der Waals surface area contributed by atoms with Crippen LogP contribution in [-0.2, 0) is 9.84 Å². The third-order valence-corrected chi connectivity index (χ3v) is 4.70. The maximum Gasteiger partial charge on any atom is 0.320 e. The van der Waals surface area contributed by atoms with E-state index in [4.69, 9.17) is 4.74 Å². The first-order chi connectivity index (χ1) is 7.50. The van der Waals surface area contributed by atoms with Gasteiger partial charge in [0.2, 0.25) is 0 Å². The summed E-state index contributed by atoms with van der Waals surface area (Å²) in [6.07, 6.45) is 1.21. The number of nitrogens with zero attached hydrogens (tertiary/aromatic N) is 1. The summed E-state index contributed by atoms with van der Waals surface area (Å²) in [5, 5.41) is -0.301. The van der Waals surface area contributed by atoms with Crippen molar-refractivity contribution in [1.82, 2.24) is 0 Å². The van der Waals surface area contributed by atoms with Crippen molar-refractivity contribution in [2.24, 2.45) is 4.99 Å². The van der Waals surface area contributed by atoms with Gasteiger partial charge in [0.1, 0.15) is 9.56 Å². The minimum absolute atomic E-state index is 0.0163. The van der Waals surface area contributed by atoms with Crippen LogP contribution in [-0.4, -0.2) is 13.6 Å². The molecule has 1 aliphatic rings. The van der Waals surface area contributed by atoms with Gasteiger partial charge in [-0.15, -0.1) is 0 Å². The molecular formula is C10H8BrNO3S. The summed E-state index contributed by atoms with van der Waals surface area (Å²) in [6.45, 7) is 1.89.